The molecule has 1 aromatic carbocycles. The number of carbonyl (C=O) groups is 1. The lowest BCUT2D eigenvalue weighted by atomic mass is 10.2. The van der Waals surface area contributed by atoms with E-state index in [9.17, 15) is 13.2 Å². The lowest BCUT2D eigenvalue weighted by Crippen LogP contribution is -2.17. The molecule has 100 valence electrons. The molecule has 0 aliphatic rings. The van der Waals surface area contributed by atoms with Gasteiger partial charge in [-0.25, -0.2) is 13.2 Å². The molecule has 0 aromatic heterocycles. The second-order valence-corrected chi connectivity index (χ2v) is 6.51. The highest BCUT2D eigenvalue weighted by Gasteiger charge is 2.14. The number of hydrogen-bond acceptors (Lipinski definition) is 5. The Hall–Kier alpha value is -1.27. The molecule has 2 N–H and O–H groups in total. The maximum Gasteiger partial charge on any atom is 0.340 e. The third-order valence-corrected chi connectivity index (χ3v) is 4.21. The van der Waals surface area contributed by atoms with E-state index < -0.39 is 15.8 Å². The van der Waals surface area contributed by atoms with Crippen molar-refractivity contribution in [3.63, 3.8) is 0 Å². The van der Waals surface area contributed by atoms with E-state index in [-0.39, 0.29) is 29.4 Å². The van der Waals surface area contributed by atoms with Crippen LogP contribution in [0, 0.1) is 0 Å². The number of sulfone groups is 1. The summed E-state index contributed by atoms with van der Waals surface area (Å²) in [4.78, 5) is 11.6. The fraction of sp³-hybridized carbons (Fsp3) is 0.364. The molecule has 0 aliphatic heterocycles. The van der Waals surface area contributed by atoms with Crippen LogP contribution in [0.15, 0.2) is 18.2 Å². The van der Waals surface area contributed by atoms with Gasteiger partial charge in [0, 0.05) is 16.5 Å². The molecule has 18 heavy (non-hydrogen) atoms. The Kier molecular flexibility index (Phi) is 4.98. The molecular weight excluding hydrogens is 278 g/mol. The van der Waals surface area contributed by atoms with Crippen molar-refractivity contribution in [3.05, 3.63) is 28.8 Å². The lowest BCUT2D eigenvalue weighted by Gasteiger charge is -2.07. The van der Waals surface area contributed by atoms with Gasteiger partial charge in [-0.15, -0.1) is 0 Å². The lowest BCUT2D eigenvalue weighted by molar-refractivity contribution is 0.0530. The van der Waals surface area contributed by atoms with Gasteiger partial charge in [0.15, 0.2) is 9.84 Å². The van der Waals surface area contributed by atoms with Gasteiger partial charge in [-0.1, -0.05) is 18.5 Å². The Morgan fingerprint density at radius 2 is 2.11 bits per heavy atom. The second-order valence-electron chi connectivity index (χ2n) is 3.60. The Morgan fingerprint density at radius 1 is 1.44 bits per heavy atom. The minimum absolute atomic E-state index is 0.0177. The monoisotopic (exact) mass is 291 g/mol. The van der Waals surface area contributed by atoms with E-state index in [1.807, 2.05) is 0 Å². The summed E-state index contributed by atoms with van der Waals surface area (Å²) in [6.07, 6.45) is 0. The molecule has 0 amide bonds. The molecule has 0 unspecified atom stereocenters. The summed E-state index contributed by atoms with van der Waals surface area (Å²) in [5.41, 5.74) is 5.97. The third kappa shape index (κ3) is 4.19. The van der Waals surface area contributed by atoms with Crippen molar-refractivity contribution in [2.24, 2.45) is 0 Å². The first-order chi connectivity index (χ1) is 8.35. The number of hydrogen-bond donors (Lipinski definition) is 1. The topological polar surface area (TPSA) is 86.5 Å². The summed E-state index contributed by atoms with van der Waals surface area (Å²) in [7, 11) is -3.15. The zero-order chi connectivity index (χ0) is 13.8. The molecule has 1 rings (SSSR count). The first kappa shape index (κ1) is 14.8. The summed E-state index contributed by atoms with van der Waals surface area (Å²) in [6.45, 7) is 1.34. The molecule has 0 fully saturated rings. The standard InChI is InChI=1S/C11H14ClNO4S/c1-2-18(15,16)6-5-17-11(14)9-7-8(12)3-4-10(9)13/h3-4,7H,2,5-6,13H2,1H3. The molecule has 0 saturated heterocycles. The first-order valence-electron chi connectivity index (χ1n) is 5.28. The van der Waals surface area contributed by atoms with Crippen LogP contribution in [0.2, 0.25) is 5.02 Å². The Labute approximate surface area is 111 Å². The van der Waals surface area contributed by atoms with E-state index in [1.165, 1.54) is 19.1 Å². The zero-order valence-corrected chi connectivity index (χ0v) is 11.4. The van der Waals surface area contributed by atoms with Crippen LogP contribution in [0.25, 0.3) is 0 Å². The van der Waals surface area contributed by atoms with Crippen LogP contribution in [-0.4, -0.2) is 32.5 Å². The van der Waals surface area contributed by atoms with Crippen LogP contribution in [-0.2, 0) is 14.6 Å². The van der Waals surface area contributed by atoms with Gasteiger partial charge in [0.1, 0.15) is 6.61 Å². The predicted octanol–water partition coefficient (Wildman–Crippen LogP) is 1.51. The fourth-order valence-electron chi connectivity index (χ4n) is 1.19. The number of carbonyl (C=O) groups excluding carboxylic acids is 1. The van der Waals surface area contributed by atoms with E-state index in [0.717, 1.165) is 0 Å². The van der Waals surface area contributed by atoms with Gasteiger partial charge in [-0.05, 0) is 18.2 Å². The quantitative estimate of drug-likeness (QED) is 0.656. The summed E-state index contributed by atoms with van der Waals surface area (Å²) in [6, 6.07) is 4.42. The van der Waals surface area contributed by atoms with Crippen molar-refractivity contribution in [1.29, 1.82) is 0 Å². The van der Waals surface area contributed by atoms with E-state index in [2.05, 4.69) is 0 Å². The summed E-state index contributed by atoms with van der Waals surface area (Å²) in [5.74, 6) is -0.860. The van der Waals surface area contributed by atoms with Gasteiger partial charge in [0.2, 0.25) is 0 Å². The minimum atomic E-state index is -3.15. The number of benzene rings is 1. The van der Waals surface area contributed by atoms with Crippen LogP contribution in [0.4, 0.5) is 5.69 Å². The smallest absolute Gasteiger partial charge is 0.340 e. The van der Waals surface area contributed by atoms with Gasteiger partial charge < -0.3 is 10.5 Å². The van der Waals surface area contributed by atoms with Crippen LogP contribution in [0.5, 0.6) is 0 Å². The summed E-state index contributed by atoms with van der Waals surface area (Å²) in [5, 5.41) is 0.359. The van der Waals surface area contributed by atoms with E-state index >= 15 is 0 Å². The molecule has 1 aromatic rings. The van der Waals surface area contributed by atoms with Gasteiger partial charge in [0.05, 0.1) is 11.3 Å². The highest BCUT2D eigenvalue weighted by Crippen LogP contribution is 2.18. The Bertz CT molecular complexity index is 542. The molecule has 0 bridgehead atoms. The predicted molar refractivity (Wildman–Crippen MR) is 70.5 cm³/mol. The average molecular weight is 292 g/mol. The Morgan fingerprint density at radius 3 is 2.72 bits per heavy atom. The molecule has 0 radical (unpaired) electrons. The number of rotatable bonds is 5. The summed E-state index contributed by atoms with van der Waals surface area (Å²) < 4.78 is 27.2. The highest BCUT2D eigenvalue weighted by atomic mass is 35.5. The first-order valence-corrected chi connectivity index (χ1v) is 7.48. The normalized spacial score (nSPS) is 11.2. The second kappa shape index (κ2) is 6.06. The number of anilines is 1. The van der Waals surface area contributed by atoms with Crippen molar-refractivity contribution in [1.82, 2.24) is 0 Å². The summed E-state index contributed by atoms with van der Waals surface area (Å²) >= 11 is 5.73. The van der Waals surface area contributed by atoms with Gasteiger partial charge in [-0.2, -0.15) is 0 Å². The maximum atomic E-state index is 11.6. The molecule has 0 saturated carbocycles. The van der Waals surface area contributed by atoms with Crippen molar-refractivity contribution in [3.8, 4) is 0 Å². The molecule has 0 atom stereocenters. The molecule has 0 spiro atoms. The number of halogens is 1. The third-order valence-electron chi connectivity index (χ3n) is 2.30. The van der Waals surface area contributed by atoms with Crippen LogP contribution in [0.3, 0.4) is 0 Å². The van der Waals surface area contributed by atoms with E-state index in [0.29, 0.717) is 5.02 Å². The number of nitrogen functional groups attached to an aromatic ring is 1. The average Bonchev–Trinajstić information content (AvgIpc) is 2.32. The number of nitrogens with two attached hydrogens (primary N) is 1. The number of esters is 1. The maximum absolute atomic E-state index is 11.6. The largest absolute Gasteiger partial charge is 0.461 e. The van der Waals surface area contributed by atoms with Gasteiger partial charge >= 0.3 is 5.97 Å². The van der Waals surface area contributed by atoms with Crippen molar-refractivity contribution < 1.29 is 17.9 Å². The van der Waals surface area contributed by atoms with Crippen molar-refractivity contribution in [2.75, 3.05) is 23.8 Å². The molecule has 0 aliphatic carbocycles. The van der Waals surface area contributed by atoms with E-state index in [1.54, 1.807) is 6.07 Å². The van der Waals surface area contributed by atoms with Crippen molar-refractivity contribution >= 4 is 33.1 Å². The van der Waals surface area contributed by atoms with Gasteiger partial charge in [0.25, 0.3) is 0 Å². The van der Waals surface area contributed by atoms with Gasteiger partial charge in [-0.3, -0.25) is 0 Å². The number of ether oxygens (including phenoxy) is 1. The SMILES string of the molecule is CCS(=O)(=O)CCOC(=O)c1cc(Cl)ccc1N. The van der Waals surface area contributed by atoms with Crippen LogP contribution >= 0.6 is 11.6 Å². The van der Waals surface area contributed by atoms with Crippen molar-refractivity contribution in [2.45, 2.75) is 6.92 Å². The Balaban J connectivity index is 2.64. The zero-order valence-electron chi connectivity index (χ0n) is 9.85. The molecule has 7 heteroatoms. The molecule has 5 nitrogen and oxygen atoms in total. The van der Waals surface area contributed by atoms with Crippen LogP contribution in [0.1, 0.15) is 17.3 Å². The highest BCUT2D eigenvalue weighted by molar-refractivity contribution is 7.91. The van der Waals surface area contributed by atoms with E-state index in [4.69, 9.17) is 22.1 Å². The van der Waals surface area contributed by atoms with Crippen LogP contribution < -0.4 is 5.73 Å². The molecule has 0 heterocycles. The molecular formula is C11H14ClNO4S. The fourth-order valence-corrected chi connectivity index (χ4v) is 1.99. The minimum Gasteiger partial charge on any atom is -0.461 e.